The molecule has 2 N–H and O–H groups in total. The van der Waals surface area contributed by atoms with Crippen molar-refractivity contribution in [1.82, 2.24) is 14.9 Å². The number of aromatic nitrogens is 2. The van der Waals surface area contributed by atoms with Crippen LogP contribution in [0, 0.1) is 0 Å². The molecule has 164 valence electrons. The number of anilines is 1. The van der Waals surface area contributed by atoms with Gasteiger partial charge in [0.15, 0.2) is 5.11 Å². The van der Waals surface area contributed by atoms with E-state index in [1.807, 2.05) is 26.0 Å². The van der Waals surface area contributed by atoms with E-state index < -0.39 is 12.0 Å². The van der Waals surface area contributed by atoms with Crippen molar-refractivity contribution in [2.75, 3.05) is 11.9 Å². The number of aromatic hydroxyl groups is 1. The summed E-state index contributed by atoms with van der Waals surface area (Å²) in [6.07, 6.45) is -4.57. The van der Waals surface area contributed by atoms with Crippen LogP contribution in [0.15, 0.2) is 43.0 Å². The fourth-order valence-corrected chi connectivity index (χ4v) is 3.57. The van der Waals surface area contributed by atoms with E-state index >= 15 is 0 Å². The van der Waals surface area contributed by atoms with E-state index in [9.17, 15) is 18.3 Å². The van der Waals surface area contributed by atoms with Crippen molar-refractivity contribution in [3.8, 4) is 5.75 Å². The standard InChI is InChI=1S/C22H23F3N4OS/c1-12(2)14-6-9-19(30)16(10-14)13(3)29(21(31)26-4)15-7-8-18-17(11-15)27-20(28(18)5)22(23,24)25/h6-12,30H,3H2,1-2,4-5H3,(H,26,31). The summed E-state index contributed by atoms with van der Waals surface area (Å²) < 4.78 is 40.8. The summed E-state index contributed by atoms with van der Waals surface area (Å²) in [5.74, 6) is -0.734. The zero-order valence-electron chi connectivity index (χ0n) is 17.6. The molecule has 0 fully saturated rings. The average molecular weight is 449 g/mol. The van der Waals surface area contributed by atoms with Gasteiger partial charge in [0.05, 0.1) is 22.4 Å². The molecule has 1 aromatic heterocycles. The third kappa shape index (κ3) is 4.23. The Morgan fingerprint density at radius 3 is 2.48 bits per heavy atom. The highest BCUT2D eigenvalue weighted by Gasteiger charge is 2.36. The van der Waals surface area contributed by atoms with Crippen LogP contribution in [0.3, 0.4) is 0 Å². The van der Waals surface area contributed by atoms with Crippen LogP contribution in [0.5, 0.6) is 5.75 Å². The van der Waals surface area contributed by atoms with Crippen molar-refractivity contribution in [3.63, 3.8) is 0 Å². The molecule has 0 atom stereocenters. The summed E-state index contributed by atoms with van der Waals surface area (Å²) in [6, 6.07) is 9.96. The molecule has 0 aliphatic heterocycles. The van der Waals surface area contributed by atoms with E-state index in [1.54, 1.807) is 30.1 Å². The molecule has 0 amide bonds. The van der Waals surface area contributed by atoms with E-state index in [2.05, 4.69) is 16.9 Å². The van der Waals surface area contributed by atoms with Crippen LogP contribution in [-0.4, -0.2) is 26.8 Å². The quantitative estimate of drug-likeness (QED) is 0.523. The number of imidazole rings is 1. The van der Waals surface area contributed by atoms with E-state index in [0.717, 1.165) is 10.1 Å². The first-order chi connectivity index (χ1) is 14.5. The monoisotopic (exact) mass is 448 g/mol. The molecular formula is C22H23F3N4OS. The van der Waals surface area contributed by atoms with Gasteiger partial charge < -0.3 is 15.0 Å². The summed E-state index contributed by atoms with van der Waals surface area (Å²) in [6.45, 7) is 8.17. The number of nitrogens with one attached hydrogen (secondary N) is 1. The lowest BCUT2D eigenvalue weighted by atomic mass is 9.98. The summed E-state index contributed by atoms with van der Waals surface area (Å²) in [5.41, 5.74) is 2.83. The van der Waals surface area contributed by atoms with Crippen molar-refractivity contribution < 1.29 is 18.3 Å². The average Bonchev–Trinajstić information content (AvgIpc) is 3.04. The lowest BCUT2D eigenvalue weighted by Crippen LogP contribution is -2.36. The number of nitrogens with zero attached hydrogens (tertiary/aromatic N) is 3. The van der Waals surface area contributed by atoms with Gasteiger partial charge in [0, 0.05) is 19.7 Å². The van der Waals surface area contributed by atoms with Gasteiger partial charge in [-0.15, -0.1) is 0 Å². The largest absolute Gasteiger partial charge is 0.507 e. The Hall–Kier alpha value is -3.07. The van der Waals surface area contributed by atoms with Crippen LogP contribution < -0.4 is 10.2 Å². The molecule has 0 bridgehead atoms. The number of fused-ring (bicyclic) bond motifs is 1. The molecular weight excluding hydrogens is 425 g/mol. The molecule has 2 aromatic carbocycles. The fourth-order valence-electron chi connectivity index (χ4n) is 3.35. The maximum atomic E-state index is 13.3. The van der Waals surface area contributed by atoms with E-state index in [0.29, 0.717) is 22.5 Å². The van der Waals surface area contributed by atoms with Crippen molar-refractivity contribution in [3.05, 3.63) is 59.9 Å². The minimum Gasteiger partial charge on any atom is -0.507 e. The molecule has 0 aliphatic rings. The smallest absolute Gasteiger partial charge is 0.449 e. The number of halogens is 3. The molecule has 0 spiro atoms. The lowest BCUT2D eigenvalue weighted by molar-refractivity contribution is -0.146. The Bertz CT molecular complexity index is 1170. The van der Waals surface area contributed by atoms with E-state index in [1.165, 1.54) is 13.1 Å². The van der Waals surface area contributed by atoms with Gasteiger partial charge in [0.2, 0.25) is 5.82 Å². The zero-order chi connectivity index (χ0) is 23.1. The highest BCUT2D eigenvalue weighted by molar-refractivity contribution is 7.80. The molecule has 0 aliphatic carbocycles. The van der Waals surface area contributed by atoms with Gasteiger partial charge in [-0.25, -0.2) is 4.98 Å². The van der Waals surface area contributed by atoms with Gasteiger partial charge >= 0.3 is 6.18 Å². The first kappa shape index (κ1) is 22.6. The molecule has 5 nitrogen and oxygen atoms in total. The topological polar surface area (TPSA) is 53.3 Å². The second kappa shape index (κ2) is 8.22. The van der Waals surface area contributed by atoms with Crippen LogP contribution in [-0.2, 0) is 13.2 Å². The Morgan fingerprint density at radius 2 is 1.90 bits per heavy atom. The molecule has 3 rings (SSSR count). The van der Waals surface area contributed by atoms with Gasteiger partial charge in [-0.05, 0) is 54.0 Å². The third-order valence-corrected chi connectivity index (χ3v) is 5.45. The first-order valence-corrected chi connectivity index (χ1v) is 9.94. The zero-order valence-corrected chi connectivity index (χ0v) is 18.4. The minimum atomic E-state index is -4.57. The summed E-state index contributed by atoms with van der Waals surface area (Å²) in [5, 5.41) is 13.6. The fraction of sp³-hybridized carbons (Fsp3) is 0.273. The number of alkyl halides is 3. The number of phenolic OH excluding ortho intramolecular Hbond substituents is 1. The normalized spacial score (nSPS) is 11.7. The molecule has 3 aromatic rings. The molecule has 0 saturated heterocycles. The number of hydrogen-bond donors (Lipinski definition) is 2. The number of rotatable bonds is 4. The number of thiocarbonyl (C=S) groups is 1. The van der Waals surface area contributed by atoms with Crippen LogP contribution in [0.1, 0.15) is 36.7 Å². The number of hydrogen-bond acceptors (Lipinski definition) is 3. The number of aryl methyl sites for hydroxylation is 1. The summed E-state index contributed by atoms with van der Waals surface area (Å²) in [4.78, 5) is 5.33. The highest BCUT2D eigenvalue weighted by atomic mass is 32.1. The van der Waals surface area contributed by atoms with Crippen molar-refractivity contribution in [2.24, 2.45) is 7.05 Å². The maximum Gasteiger partial charge on any atom is 0.449 e. The molecule has 1 heterocycles. The molecule has 0 unspecified atom stereocenters. The highest BCUT2D eigenvalue weighted by Crippen LogP contribution is 2.36. The second-order valence-corrected chi connectivity index (χ2v) is 7.82. The first-order valence-electron chi connectivity index (χ1n) is 9.53. The van der Waals surface area contributed by atoms with E-state index in [4.69, 9.17) is 12.2 Å². The van der Waals surface area contributed by atoms with Gasteiger partial charge in [0.1, 0.15) is 5.75 Å². The molecule has 0 saturated carbocycles. The van der Waals surface area contributed by atoms with Crippen molar-refractivity contribution in [1.29, 1.82) is 0 Å². The summed E-state index contributed by atoms with van der Waals surface area (Å²) >= 11 is 5.44. The van der Waals surface area contributed by atoms with Crippen LogP contribution >= 0.6 is 12.2 Å². The molecule has 31 heavy (non-hydrogen) atoms. The number of benzene rings is 2. The van der Waals surface area contributed by atoms with Gasteiger partial charge in [-0.1, -0.05) is 26.5 Å². The Morgan fingerprint density at radius 1 is 1.23 bits per heavy atom. The van der Waals surface area contributed by atoms with E-state index in [-0.39, 0.29) is 22.3 Å². The predicted octanol–water partition coefficient (Wildman–Crippen LogP) is 5.40. The Balaban J connectivity index is 2.14. The van der Waals surface area contributed by atoms with Gasteiger partial charge in [-0.2, -0.15) is 13.2 Å². The Labute approximate surface area is 183 Å². The SMILES string of the molecule is C=C(c1cc(C(C)C)ccc1O)N(C(=S)NC)c1ccc2c(c1)nc(C(F)(F)F)n2C. The molecule has 0 radical (unpaired) electrons. The predicted molar refractivity (Wildman–Crippen MR) is 121 cm³/mol. The Kier molecular flexibility index (Phi) is 6.00. The van der Waals surface area contributed by atoms with Crippen LogP contribution in [0.4, 0.5) is 18.9 Å². The van der Waals surface area contributed by atoms with Gasteiger partial charge in [0.25, 0.3) is 0 Å². The van der Waals surface area contributed by atoms with Crippen LogP contribution in [0.2, 0.25) is 0 Å². The number of phenols is 1. The minimum absolute atomic E-state index is 0.0246. The van der Waals surface area contributed by atoms with Crippen molar-refractivity contribution in [2.45, 2.75) is 25.9 Å². The third-order valence-electron chi connectivity index (χ3n) is 5.06. The van der Waals surface area contributed by atoms with Gasteiger partial charge in [-0.3, -0.25) is 4.90 Å². The lowest BCUT2D eigenvalue weighted by Gasteiger charge is -2.28. The molecule has 9 heteroatoms. The maximum absolute atomic E-state index is 13.3. The van der Waals surface area contributed by atoms with Crippen LogP contribution in [0.25, 0.3) is 16.7 Å². The second-order valence-electron chi connectivity index (χ2n) is 7.43. The van der Waals surface area contributed by atoms with Crippen molar-refractivity contribution >= 4 is 39.7 Å². The summed E-state index contributed by atoms with van der Waals surface area (Å²) in [7, 11) is 2.95.